The number of methoxy groups -OCH3 is 3. The number of aromatic nitrogens is 2. The molecule has 12 rings (SSSR count). The summed E-state index contributed by atoms with van der Waals surface area (Å²) in [4.78, 5) is 81.7. The van der Waals surface area contributed by atoms with Gasteiger partial charge in [-0.05, 0) is 155 Å². The second-order valence-electron chi connectivity index (χ2n) is 37.8. The van der Waals surface area contributed by atoms with Gasteiger partial charge in [0, 0.05) is 123 Å². The van der Waals surface area contributed by atoms with Crippen LogP contribution in [0.2, 0.25) is 0 Å². The van der Waals surface area contributed by atoms with Crippen LogP contribution in [0.5, 0.6) is 0 Å². The van der Waals surface area contributed by atoms with Crippen LogP contribution in [0.25, 0.3) is 0 Å². The fourth-order valence-corrected chi connectivity index (χ4v) is 22.4. The smallest absolute Gasteiger partial charge is 0.332 e. The summed E-state index contributed by atoms with van der Waals surface area (Å²) in [6.45, 7) is 37.5. The number of hydrogen-bond acceptors (Lipinski definition) is 23. The van der Waals surface area contributed by atoms with Crippen LogP contribution >= 0.6 is 75.5 Å². The first-order valence-electron chi connectivity index (χ1n) is 42.4. The Morgan fingerprint density at radius 3 is 1.12 bits per heavy atom. The first-order valence-corrected chi connectivity index (χ1v) is 62.4. The maximum absolute atomic E-state index is 14.3. The molecule has 6 saturated heterocycles. The van der Waals surface area contributed by atoms with E-state index in [2.05, 4.69) is 221 Å². The van der Waals surface area contributed by atoms with E-state index in [-0.39, 0.29) is 64.0 Å². The predicted molar refractivity (Wildman–Crippen MR) is 540 cm³/mol. The van der Waals surface area contributed by atoms with E-state index in [1.54, 1.807) is 37.7 Å². The molecule has 6 fully saturated rings. The molecular weight excluding hydrogens is 1930 g/mol. The number of aliphatic hydroxyl groups is 6. The van der Waals surface area contributed by atoms with Crippen molar-refractivity contribution in [2.75, 3.05) is 138 Å². The number of amides is 9. The van der Waals surface area contributed by atoms with Crippen molar-refractivity contribution in [2.45, 2.75) is 182 Å². The van der Waals surface area contributed by atoms with E-state index in [9.17, 15) is 68.6 Å². The summed E-state index contributed by atoms with van der Waals surface area (Å²) in [5.41, 5.74) is 3.43. The average molecular weight is 2070 g/mol. The highest BCUT2D eigenvalue weighted by Gasteiger charge is 2.52. The van der Waals surface area contributed by atoms with Crippen LogP contribution in [-0.2, 0) is 54.5 Å². The number of aliphatic hydroxyl groups excluding tert-OH is 6. The van der Waals surface area contributed by atoms with Gasteiger partial charge in [0.05, 0.1) is 58.1 Å². The van der Waals surface area contributed by atoms with E-state index in [4.69, 9.17) is 54.2 Å². The van der Waals surface area contributed by atoms with Gasteiger partial charge in [-0.1, -0.05) is 55.5 Å². The van der Waals surface area contributed by atoms with Gasteiger partial charge in [0.15, 0.2) is 18.6 Å². The molecule has 34 nitrogen and oxygen atoms in total. The summed E-state index contributed by atoms with van der Waals surface area (Å²) < 4.78 is 68.2. The van der Waals surface area contributed by atoms with E-state index in [1.807, 2.05) is 0 Å². The van der Waals surface area contributed by atoms with E-state index in [0.29, 0.717) is 58.2 Å². The van der Waals surface area contributed by atoms with Crippen molar-refractivity contribution in [1.82, 2.24) is 61.9 Å². The molecule has 0 aliphatic carbocycles. The predicted octanol–water partition coefficient (Wildman–Crippen LogP) is 5.98. The molecule has 6 unspecified atom stereocenters. The summed E-state index contributed by atoms with van der Waals surface area (Å²) in [5.74, 6) is 0.186. The Morgan fingerprint density at radius 2 is 0.738 bits per heavy atom. The molecule has 0 saturated carbocycles. The molecule has 12 heterocycles. The van der Waals surface area contributed by atoms with Gasteiger partial charge < -0.3 is 126 Å². The molecule has 0 spiro atoms. The molecule has 24 atom stereocenters. The van der Waals surface area contributed by atoms with Crippen molar-refractivity contribution >= 4 is 143 Å². The van der Waals surface area contributed by atoms with Crippen molar-refractivity contribution in [2.24, 2.45) is 7.05 Å². The number of alkyl halides is 3. The molecule has 130 heavy (non-hydrogen) atoms. The number of carbonyl (C=O) groups is 5. The van der Waals surface area contributed by atoms with E-state index >= 15 is 0 Å². The Kier molecular flexibility index (Phi) is 40.8. The van der Waals surface area contributed by atoms with E-state index in [0.717, 1.165) is 72.8 Å². The molecule has 0 aromatic carbocycles. The van der Waals surface area contributed by atoms with Crippen LogP contribution < -0.4 is 59.1 Å². The lowest BCUT2D eigenvalue weighted by Crippen LogP contribution is -2.47. The van der Waals surface area contributed by atoms with Gasteiger partial charge in [-0.2, -0.15) is 0 Å². The van der Waals surface area contributed by atoms with Crippen LogP contribution in [0.4, 0.5) is 23.6 Å². The van der Waals surface area contributed by atoms with Crippen molar-refractivity contribution in [3.63, 3.8) is 0 Å². The molecule has 732 valence electrons. The summed E-state index contributed by atoms with van der Waals surface area (Å²) in [6, 6.07) is -0.0952. The highest BCUT2D eigenvalue weighted by Crippen LogP contribution is 2.47. The number of halogens is 3. The molecule has 11 aliphatic heterocycles. The summed E-state index contributed by atoms with van der Waals surface area (Å²) >= 11 is 8.51. The molecular formula is C87H141ClFIN12O22P6. The zero-order valence-corrected chi connectivity index (χ0v) is 85.9. The minimum atomic E-state index is -1.54. The number of hydrogen-bond donors (Lipinski definition) is 15. The van der Waals surface area contributed by atoms with E-state index < -0.39 is 162 Å². The fourth-order valence-electron chi connectivity index (χ4n) is 15.3. The summed E-state index contributed by atoms with van der Waals surface area (Å²) in [6.07, 6.45) is 31.8. The van der Waals surface area contributed by atoms with E-state index in [1.165, 1.54) is 49.5 Å². The molecule has 1 aromatic heterocycles. The quantitative estimate of drug-likeness (QED) is 0.0273. The molecule has 15 N–H and O–H groups in total. The molecule has 43 heteroatoms. The third-order valence-corrected chi connectivity index (χ3v) is 33.4. The van der Waals surface area contributed by atoms with Gasteiger partial charge in [-0.3, -0.25) is 18.7 Å². The maximum atomic E-state index is 14.3. The topological polar surface area (TPSA) is 445 Å². The van der Waals surface area contributed by atoms with Crippen LogP contribution in [0, 0.1) is 0 Å². The summed E-state index contributed by atoms with van der Waals surface area (Å²) in [7, 11) is 5.96. The molecule has 9 amide bonds. The van der Waals surface area contributed by atoms with Gasteiger partial charge in [-0.25, -0.2) is 28.4 Å². The molecule has 0 bridgehead atoms. The second-order valence-corrected chi connectivity index (χ2v) is 65.7. The Morgan fingerprint density at radius 1 is 0.431 bits per heavy atom. The SMILES string of the molecule is C=C1NC(=O)C=CN1[C@@H]1OC(CCP(=C)(C)C)[C@@H](O)[C@H]1OC.C=C1NC(=O)NC=C1[C@@H]1OC(CCP(=C)(C)C)[C@@H](O)[C@H]1Cl.C=C1NC(=O)NC=C1[C@@H]1OC(CCP(=C)(C)C)[C@@H](O)[C@H]1F.C=C1NC(=O)NC=C1[C@@H]1OC(CCP(=C)(C)C)[C@@H](O)[C@H]1I.C=C1NC(=O)NC=C1[C@@H]1OC(CCP(=C)(C)C)[C@@H](O)[C@H]1OC.C=P(C)(C)CCC1O[C@@H](n2ccc(=O)n(C)c2=O)[C@H](OC)[C@@H]1O. The first kappa shape index (κ1) is 112. The largest absolute Gasteiger partial charge is 0.389 e. The maximum Gasteiger partial charge on any atom is 0.332 e. The highest BCUT2D eigenvalue weighted by atomic mass is 127. The normalized spacial score (nSPS) is 32.2. The van der Waals surface area contributed by atoms with Gasteiger partial charge >= 0.3 is 29.8 Å². The second kappa shape index (κ2) is 47.6. The van der Waals surface area contributed by atoms with Gasteiger partial charge in [-0.15, -0.1) is 90.7 Å². The minimum Gasteiger partial charge on any atom is -0.389 e. The summed E-state index contributed by atoms with van der Waals surface area (Å²) in [5, 5.41) is 84.5. The minimum absolute atomic E-state index is 0.0707. The Labute approximate surface area is 783 Å². The molecule has 0 radical (unpaired) electrons. The standard InChI is InChI=1S/C15H25N2O5P.2C15H25N2O4P.C14H22ClN2O3P.C14H22FN2O3P.C14H22IN2O3P/c1-16-11(18)6-8-17(15(16)20)14-13(21-2)12(19)10(22-14)7-9-23(3,4)5;1-10-16-12(18)6-8-17(10)15-14(20-2)13(19)11(21-15)7-9-22(3,4)5;1-9-10(8-16-15(19)17-9)13-14(20-2)12(18)11(21-13)6-7-22(3,4)5;3*1-8-9(7-16-14(19)17-8)13-11(15)12(18)10(20-13)5-6-21(2,3)4/h6,8,10,12-14,19H,3,7,9H2,1-2,4-5H3;6,8,11,13-15,19H,1,3,7,9H2,2,4-5H3,(H,16,18);8,11-14,18H,1,3,6-7H2,2,4-5H3,(H2,16,17,19);3*7,10-13,18H,1-2,5-6H2,3-4H3,(H2,16,17,19)/t10?,12-,13-,14-;11?,13-,14-,15-;11?,12-,13+,14-;3*10?,11-,12-,13+/m111111/s1. The van der Waals surface area contributed by atoms with Gasteiger partial charge in [0.1, 0.15) is 73.0 Å². The monoisotopic (exact) mass is 2070 g/mol. The number of nitrogens with zero attached hydrogens (tertiary/aromatic N) is 3. The number of rotatable bonds is 27. The zero-order valence-electron chi connectivity index (χ0n) is 77.6. The molecule has 1 aromatic rings. The molecule has 11 aliphatic rings. The number of nitrogens with one attached hydrogen (secondary N) is 9. The zero-order chi connectivity index (χ0) is 97.7. The lowest BCUT2D eigenvalue weighted by Gasteiger charge is -2.33. The van der Waals surface area contributed by atoms with Crippen molar-refractivity contribution in [3.05, 3.63) is 154 Å². The third-order valence-electron chi connectivity index (χ3n) is 22.7. The van der Waals surface area contributed by atoms with Crippen molar-refractivity contribution < 1.29 is 102 Å². The van der Waals surface area contributed by atoms with Crippen LogP contribution in [0.1, 0.15) is 44.8 Å². The van der Waals surface area contributed by atoms with Crippen LogP contribution in [-0.4, -0.2) is 388 Å². The number of ether oxygens (including phenoxy) is 9. The fraction of sp³-hybridized carbons (Fsp3) is 0.598. The third kappa shape index (κ3) is 31.8. The number of carbonyl (C=O) groups excluding carboxylic acids is 5. The average Bonchev–Trinajstić information content (AvgIpc) is 1.68. The highest BCUT2D eigenvalue weighted by molar-refractivity contribution is 14.1. The van der Waals surface area contributed by atoms with Crippen LogP contribution in [0.3, 0.4) is 0 Å². The lowest BCUT2D eigenvalue weighted by atomic mass is 9.99. The Hall–Kier alpha value is -5.42. The van der Waals surface area contributed by atoms with Gasteiger partial charge in [0.2, 0.25) is 0 Å². The van der Waals surface area contributed by atoms with Crippen molar-refractivity contribution in [1.29, 1.82) is 0 Å². The Bertz CT molecular complexity index is 4690. The first-order chi connectivity index (χ1) is 60.2. The van der Waals surface area contributed by atoms with Crippen molar-refractivity contribution in [3.8, 4) is 0 Å². The number of urea groups is 4. The van der Waals surface area contributed by atoms with Gasteiger partial charge in [0.25, 0.3) is 11.5 Å². The van der Waals surface area contributed by atoms with Crippen LogP contribution in [0.15, 0.2) is 143 Å². The Balaban J connectivity index is 0.000000213. The lowest BCUT2D eigenvalue weighted by molar-refractivity contribution is -0.118.